The Kier molecular flexibility index (Phi) is 3.39. The molecule has 0 bridgehead atoms. The van der Waals surface area contributed by atoms with E-state index in [-0.39, 0.29) is 4.92 Å². The lowest BCUT2D eigenvalue weighted by Crippen LogP contribution is -2.26. The molecule has 0 aliphatic rings. The van der Waals surface area contributed by atoms with Crippen LogP contribution in [0.5, 0.6) is 0 Å². The van der Waals surface area contributed by atoms with E-state index in [4.69, 9.17) is 11.6 Å². The SMILES string of the molecule is CC(C)(Sc1ccc(Cl)cc1)[N+](=O)[O-]. The Morgan fingerprint density at radius 2 is 1.86 bits per heavy atom. The van der Waals surface area contributed by atoms with Crippen molar-refractivity contribution in [2.24, 2.45) is 0 Å². The highest BCUT2D eigenvalue weighted by Gasteiger charge is 2.31. The molecule has 0 aromatic heterocycles. The van der Waals surface area contributed by atoms with E-state index >= 15 is 0 Å². The lowest BCUT2D eigenvalue weighted by molar-refractivity contribution is -0.528. The zero-order chi connectivity index (χ0) is 10.8. The topological polar surface area (TPSA) is 43.1 Å². The summed E-state index contributed by atoms with van der Waals surface area (Å²) in [6.45, 7) is 3.15. The fourth-order valence-corrected chi connectivity index (χ4v) is 1.88. The standard InChI is InChI=1S/C9H10ClNO2S/c1-9(2,11(12)13)14-8-5-3-7(10)4-6-8/h3-6H,1-2H3. The van der Waals surface area contributed by atoms with Crippen molar-refractivity contribution >= 4 is 23.4 Å². The number of hydrogen-bond donors (Lipinski definition) is 0. The molecule has 1 rings (SSSR count). The van der Waals surface area contributed by atoms with E-state index in [1.807, 2.05) is 0 Å². The number of rotatable bonds is 3. The smallest absolute Gasteiger partial charge is 0.263 e. The van der Waals surface area contributed by atoms with Gasteiger partial charge in [-0.3, -0.25) is 10.1 Å². The molecule has 5 heteroatoms. The van der Waals surface area contributed by atoms with Gasteiger partial charge in [0.05, 0.1) is 0 Å². The Bertz CT molecular complexity index is 337. The minimum absolute atomic E-state index is 0.299. The van der Waals surface area contributed by atoms with Crippen molar-refractivity contribution in [3.05, 3.63) is 39.4 Å². The van der Waals surface area contributed by atoms with Crippen molar-refractivity contribution in [3.63, 3.8) is 0 Å². The van der Waals surface area contributed by atoms with E-state index in [9.17, 15) is 10.1 Å². The zero-order valence-electron chi connectivity index (χ0n) is 7.86. The first-order valence-corrected chi connectivity index (χ1v) is 5.20. The highest BCUT2D eigenvalue weighted by molar-refractivity contribution is 8.00. The second-order valence-corrected chi connectivity index (χ2v) is 5.37. The molecule has 0 aliphatic carbocycles. The Morgan fingerprint density at radius 1 is 1.36 bits per heavy atom. The van der Waals surface area contributed by atoms with E-state index < -0.39 is 4.87 Å². The molecule has 0 heterocycles. The van der Waals surface area contributed by atoms with Gasteiger partial charge in [-0.1, -0.05) is 11.6 Å². The fourth-order valence-electron chi connectivity index (χ4n) is 0.828. The summed E-state index contributed by atoms with van der Waals surface area (Å²) in [6, 6.07) is 7.00. The van der Waals surface area contributed by atoms with E-state index in [0.717, 1.165) is 4.90 Å². The molecule has 0 fully saturated rings. The third-order valence-electron chi connectivity index (χ3n) is 1.62. The zero-order valence-corrected chi connectivity index (χ0v) is 9.43. The van der Waals surface area contributed by atoms with Crippen LogP contribution in [-0.4, -0.2) is 9.79 Å². The van der Waals surface area contributed by atoms with Crippen LogP contribution in [-0.2, 0) is 0 Å². The number of hydrogen-bond acceptors (Lipinski definition) is 3. The largest absolute Gasteiger partial charge is 0.266 e. The fraction of sp³-hybridized carbons (Fsp3) is 0.333. The van der Waals surface area contributed by atoms with Crippen LogP contribution >= 0.6 is 23.4 Å². The van der Waals surface area contributed by atoms with E-state index in [1.165, 1.54) is 11.8 Å². The average molecular weight is 232 g/mol. The number of nitrogens with zero attached hydrogens (tertiary/aromatic N) is 1. The van der Waals surface area contributed by atoms with E-state index in [2.05, 4.69) is 0 Å². The van der Waals surface area contributed by atoms with Crippen molar-refractivity contribution < 1.29 is 4.92 Å². The molecule has 76 valence electrons. The van der Waals surface area contributed by atoms with E-state index in [1.54, 1.807) is 38.1 Å². The van der Waals surface area contributed by atoms with Crippen molar-refractivity contribution in [1.82, 2.24) is 0 Å². The predicted molar refractivity (Wildman–Crippen MR) is 58.4 cm³/mol. The third kappa shape index (κ3) is 2.89. The van der Waals surface area contributed by atoms with Crippen LogP contribution in [0.2, 0.25) is 5.02 Å². The first-order chi connectivity index (χ1) is 6.42. The first-order valence-electron chi connectivity index (χ1n) is 4.01. The highest BCUT2D eigenvalue weighted by atomic mass is 35.5. The van der Waals surface area contributed by atoms with Gasteiger partial charge in [0.1, 0.15) is 0 Å². The first kappa shape index (κ1) is 11.3. The number of benzene rings is 1. The normalized spacial score (nSPS) is 11.4. The second kappa shape index (κ2) is 4.19. The maximum Gasteiger partial charge on any atom is 0.266 e. The molecule has 0 unspecified atom stereocenters. The average Bonchev–Trinajstić information content (AvgIpc) is 2.08. The summed E-state index contributed by atoms with van der Waals surface area (Å²) in [4.78, 5) is 10.2. The van der Waals surface area contributed by atoms with Crippen LogP contribution in [0.1, 0.15) is 13.8 Å². The van der Waals surface area contributed by atoms with Gasteiger partial charge in [0.25, 0.3) is 4.87 Å². The van der Waals surface area contributed by atoms with Crippen molar-refractivity contribution in [2.75, 3.05) is 0 Å². The molecule has 1 aromatic rings. The van der Waals surface area contributed by atoms with Gasteiger partial charge < -0.3 is 0 Å². The minimum atomic E-state index is -1.01. The van der Waals surface area contributed by atoms with Crippen LogP contribution in [0, 0.1) is 10.1 Å². The molecule has 0 saturated heterocycles. The highest BCUT2D eigenvalue weighted by Crippen LogP contribution is 2.33. The van der Waals surface area contributed by atoms with Gasteiger partial charge in [0, 0.05) is 28.7 Å². The number of thioether (sulfide) groups is 1. The molecule has 14 heavy (non-hydrogen) atoms. The lowest BCUT2D eigenvalue weighted by Gasteiger charge is -2.14. The molecule has 0 saturated carbocycles. The van der Waals surface area contributed by atoms with Crippen molar-refractivity contribution in [1.29, 1.82) is 0 Å². The second-order valence-electron chi connectivity index (χ2n) is 3.26. The van der Waals surface area contributed by atoms with Crippen molar-refractivity contribution in [2.45, 2.75) is 23.6 Å². The molecule has 0 aliphatic heterocycles. The maximum absolute atomic E-state index is 10.7. The predicted octanol–water partition coefficient (Wildman–Crippen LogP) is 3.44. The summed E-state index contributed by atoms with van der Waals surface area (Å²) in [5, 5.41) is 11.3. The molecule has 3 nitrogen and oxygen atoms in total. The molecule has 1 aromatic carbocycles. The molecule has 0 atom stereocenters. The third-order valence-corrected chi connectivity index (χ3v) is 3.03. The molecule has 0 amide bonds. The monoisotopic (exact) mass is 231 g/mol. The minimum Gasteiger partial charge on any atom is -0.263 e. The van der Waals surface area contributed by atoms with Gasteiger partial charge in [0.15, 0.2) is 0 Å². The Hall–Kier alpha value is -0.740. The van der Waals surface area contributed by atoms with E-state index in [0.29, 0.717) is 5.02 Å². The van der Waals surface area contributed by atoms with Gasteiger partial charge >= 0.3 is 0 Å². The maximum atomic E-state index is 10.7. The molecule has 0 spiro atoms. The van der Waals surface area contributed by atoms with Crippen LogP contribution < -0.4 is 0 Å². The molecule has 0 radical (unpaired) electrons. The van der Waals surface area contributed by atoms with Crippen molar-refractivity contribution in [3.8, 4) is 0 Å². The molecular weight excluding hydrogens is 222 g/mol. The summed E-state index contributed by atoms with van der Waals surface area (Å²) in [5.74, 6) is 0. The van der Waals surface area contributed by atoms with Gasteiger partial charge in [-0.2, -0.15) is 0 Å². The number of halogens is 1. The summed E-state index contributed by atoms with van der Waals surface area (Å²) in [6.07, 6.45) is 0. The summed E-state index contributed by atoms with van der Waals surface area (Å²) in [5.41, 5.74) is 0. The summed E-state index contributed by atoms with van der Waals surface area (Å²) >= 11 is 6.91. The quantitative estimate of drug-likeness (QED) is 0.346. The van der Waals surface area contributed by atoms with Gasteiger partial charge in [-0.05, 0) is 36.0 Å². The molecular formula is C9H10ClNO2S. The van der Waals surface area contributed by atoms with Gasteiger partial charge in [-0.15, -0.1) is 0 Å². The van der Waals surface area contributed by atoms with Crippen LogP contribution in [0.25, 0.3) is 0 Å². The van der Waals surface area contributed by atoms with Crippen LogP contribution in [0.15, 0.2) is 29.2 Å². The van der Waals surface area contributed by atoms with Crippen LogP contribution in [0.4, 0.5) is 0 Å². The van der Waals surface area contributed by atoms with Crippen LogP contribution in [0.3, 0.4) is 0 Å². The Balaban J connectivity index is 2.79. The lowest BCUT2D eigenvalue weighted by atomic mass is 10.4. The Morgan fingerprint density at radius 3 is 2.29 bits per heavy atom. The molecule has 0 N–H and O–H groups in total. The summed E-state index contributed by atoms with van der Waals surface area (Å²) < 4.78 is 0. The van der Waals surface area contributed by atoms with Gasteiger partial charge in [-0.25, -0.2) is 0 Å². The Labute approximate surface area is 91.6 Å². The number of nitro groups is 1. The van der Waals surface area contributed by atoms with Gasteiger partial charge in [0.2, 0.25) is 0 Å². The summed E-state index contributed by atoms with van der Waals surface area (Å²) in [7, 11) is 0.